The van der Waals surface area contributed by atoms with E-state index < -0.39 is 5.79 Å². The molecule has 1 unspecified atom stereocenters. The molecule has 0 amide bonds. The van der Waals surface area contributed by atoms with Gasteiger partial charge in [0, 0.05) is 13.0 Å². The number of nitrogens with one attached hydrogen (secondary N) is 1. The average Bonchev–Trinajstić information content (AvgIpc) is 3.16. The van der Waals surface area contributed by atoms with Crippen LogP contribution < -0.4 is 10.1 Å². The van der Waals surface area contributed by atoms with Crippen molar-refractivity contribution in [2.75, 3.05) is 13.6 Å². The molecular formula is C16H17NO3S. The Kier molecular flexibility index (Phi) is 3.96. The van der Waals surface area contributed by atoms with Gasteiger partial charge in [-0.25, -0.2) is 0 Å². The van der Waals surface area contributed by atoms with Gasteiger partial charge in [0.2, 0.25) is 5.79 Å². The van der Waals surface area contributed by atoms with Crippen LogP contribution in [-0.4, -0.2) is 18.7 Å². The third kappa shape index (κ3) is 2.81. The van der Waals surface area contributed by atoms with Gasteiger partial charge in [-0.2, -0.15) is 0 Å². The maximum atomic E-state index is 11.0. The number of benzene rings is 1. The molecule has 3 aromatic rings. The fourth-order valence-corrected chi connectivity index (χ4v) is 3.05. The van der Waals surface area contributed by atoms with Crippen molar-refractivity contribution in [3.63, 3.8) is 0 Å². The van der Waals surface area contributed by atoms with Gasteiger partial charge in [0.05, 0.1) is 16.5 Å². The number of rotatable bonds is 6. The average molecular weight is 303 g/mol. The van der Waals surface area contributed by atoms with Crippen LogP contribution in [0.4, 0.5) is 0 Å². The van der Waals surface area contributed by atoms with E-state index in [1.165, 1.54) is 11.3 Å². The predicted octanol–water partition coefficient (Wildman–Crippen LogP) is 3.33. The van der Waals surface area contributed by atoms with E-state index in [9.17, 15) is 5.11 Å². The van der Waals surface area contributed by atoms with E-state index >= 15 is 0 Å². The summed E-state index contributed by atoms with van der Waals surface area (Å²) in [6.45, 7) is 0.649. The number of thiophene rings is 1. The zero-order chi connectivity index (χ0) is 14.7. The Hall–Kier alpha value is -1.82. The molecule has 0 aliphatic carbocycles. The van der Waals surface area contributed by atoms with Crippen LogP contribution in [0.5, 0.6) is 5.75 Å². The van der Waals surface area contributed by atoms with Gasteiger partial charge < -0.3 is 19.6 Å². The summed E-state index contributed by atoms with van der Waals surface area (Å²) in [7, 11) is 1.85. The second-order valence-corrected chi connectivity index (χ2v) is 5.75. The summed E-state index contributed by atoms with van der Waals surface area (Å²) in [5, 5.41) is 16.8. The minimum atomic E-state index is -1.34. The smallest absolute Gasteiger partial charge is 0.245 e. The van der Waals surface area contributed by atoms with Crippen LogP contribution in [-0.2, 0) is 5.79 Å². The zero-order valence-electron chi connectivity index (χ0n) is 11.7. The Morgan fingerprint density at radius 3 is 2.95 bits per heavy atom. The first-order valence-corrected chi connectivity index (χ1v) is 7.67. The molecule has 0 radical (unpaired) electrons. The molecule has 2 N–H and O–H groups in total. The minimum absolute atomic E-state index is 0.457. The molecule has 3 rings (SSSR count). The van der Waals surface area contributed by atoms with Gasteiger partial charge in [-0.05, 0) is 36.7 Å². The van der Waals surface area contributed by atoms with Crippen molar-refractivity contribution in [3.05, 3.63) is 52.9 Å². The van der Waals surface area contributed by atoms with Crippen molar-refractivity contribution in [2.24, 2.45) is 0 Å². The summed E-state index contributed by atoms with van der Waals surface area (Å²) in [6, 6.07) is 11.2. The van der Waals surface area contributed by atoms with Gasteiger partial charge in [-0.15, -0.1) is 11.3 Å². The van der Waals surface area contributed by atoms with Gasteiger partial charge in [0.25, 0.3) is 0 Å². The molecule has 1 aromatic carbocycles. The van der Waals surface area contributed by atoms with E-state index in [4.69, 9.17) is 9.15 Å². The summed E-state index contributed by atoms with van der Waals surface area (Å²) in [5.74, 6) is -0.726. The van der Waals surface area contributed by atoms with E-state index in [-0.39, 0.29) is 0 Å². The van der Waals surface area contributed by atoms with Crippen LogP contribution >= 0.6 is 11.3 Å². The third-order valence-corrected chi connectivity index (χ3v) is 4.36. The molecule has 110 valence electrons. The van der Waals surface area contributed by atoms with E-state index in [1.54, 1.807) is 6.26 Å². The highest BCUT2D eigenvalue weighted by Gasteiger charge is 2.33. The third-order valence-electron chi connectivity index (χ3n) is 3.35. The number of furan rings is 1. The molecule has 0 fully saturated rings. The molecule has 0 spiro atoms. The molecule has 1 atom stereocenters. The fourth-order valence-electron chi connectivity index (χ4n) is 2.26. The highest BCUT2D eigenvalue weighted by atomic mass is 32.1. The molecule has 0 saturated carbocycles. The van der Waals surface area contributed by atoms with Crippen LogP contribution in [0.3, 0.4) is 0 Å². The standard InChI is InChI=1S/C16H17NO3S/c1-17-9-8-16(18,15-6-3-11-21-15)20-14-5-2-4-13-12(14)7-10-19-13/h2-7,10-11,17-18H,8-9H2,1H3. The van der Waals surface area contributed by atoms with Crippen LogP contribution in [0.25, 0.3) is 11.0 Å². The zero-order valence-corrected chi connectivity index (χ0v) is 12.5. The van der Waals surface area contributed by atoms with Crippen molar-refractivity contribution in [3.8, 4) is 5.75 Å². The number of hydrogen-bond donors (Lipinski definition) is 2. The number of ether oxygens (including phenoxy) is 1. The van der Waals surface area contributed by atoms with Gasteiger partial charge in [0.15, 0.2) is 0 Å². The van der Waals surface area contributed by atoms with Gasteiger partial charge in [-0.1, -0.05) is 12.1 Å². The Morgan fingerprint density at radius 2 is 2.19 bits per heavy atom. The van der Waals surface area contributed by atoms with Crippen molar-refractivity contribution in [1.82, 2.24) is 5.32 Å². The summed E-state index contributed by atoms with van der Waals surface area (Å²) in [4.78, 5) is 0.790. The van der Waals surface area contributed by atoms with Crippen molar-refractivity contribution >= 4 is 22.3 Å². The normalized spacial score (nSPS) is 14.2. The first-order valence-electron chi connectivity index (χ1n) is 6.79. The number of fused-ring (bicyclic) bond motifs is 1. The molecule has 21 heavy (non-hydrogen) atoms. The largest absolute Gasteiger partial charge is 0.464 e. The number of hydrogen-bond acceptors (Lipinski definition) is 5. The molecule has 0 saturated heterocycles. The SMILES string of the molecule is CNCCC(O)(Oc1cccc2occc12)c1cccs1. The second kappa shape index (κ2) is 5.89. The van der Waals surface area contributed by atoms with Gasteiger partial charge in [-0.3, -0.25) is 0 Å². The molecule has 5 heteroatoms. The minimum Gasteiger partial charge on any atom is -0.464 e. The lowest BCUT2D eigenvalue weighted by Crippen LogP contribution is -2.35. The van der Waals surface area contributed by atoms with Crippen LogP contribution in [0.2, 0.25) is 0 Å². The van der Waals surface area contributed by atoms with E-state index in [0.717, 1.165) is 15.8 Å². The van der Waals surface area contributed by atoms with Crippen molar-refractivity contribution in [1.29, 1.82) is 0 Å². The quantitative estimate of drug-likeness (QED) is 0.686. The monoisotopic (exact) mass is 303 g/mol. The number of aliphatic hydroxyl groups is 1. The van der Waals surface area contributed by atoms with E-state index in [2.05, 4.69) is 5.32 Å². The molecule has 0 aliphatic rings. The van der Waals surface area contributed by atoms with Crippen molar-refractivity contribution < 1.29 is 14.3 Å². The fraction of sp³-hybridized carbons (Fsp3) is 0.250. The lowest BCUT2D eigenvalue weighted by atomic mass is 10.1. The van der Waals surface area contributed by atoms with Crippen LogP contribution in [0.1, 0.15) is 11.3 Å². The molecule has 2 heterocycles. The van der Waals surface area contributed by atoms with Crippen LogP contribution in [0.15, 0.2) is 52.5 Å². The van der Waals surface area contributed by atoms with Crippen molar-refractivity contribution in [2.45, 2.75) is 12.2 Å². The van der Waals surface area contributed by atoms with E-state index in [0.29, 0.717) is 18.7 Å². The summed E-state index contributed by atoms with van der Waals surface area (Å²) >= 11 is 1.48. The summed E-state index contributed by atoms with van der Waals surface area (Å²) in [6.07, 6.45) is 2.08. The predicted molar refractivity (Wildman–Crippen MR) is 83.6 cm³/mol. The topological polar surface area (TPSA) is 54.6 Å². The van der Waals surface area contributed by atoms with Crippen LogP contribution in [0, 0.1) is 0 Å². The lowest BCUT2D eigenvalue weighted by Gasteiger charge is -2.28. The maximum absolute atomic E-state index is 11.0. The molecule has 0 aliphatic heterocycles. The molecule has 4 nitrogen and oxygen atoms in total. The highest BCUT2D eigenvalue weighted by molar-refractivity contribution is 7.10. The summed E-state index contributed by atoms with van der Waals surface area (Å²) in [5.41, 5.74) is 0.745. The summed E-state index contributed by atoms with van der Waals surface area (Å²) < 4.78 is 11.4. The van der Waals surface area contributed by atoms with Gasteiger partial charge in [0.1, 0.15) is 11.3 Å². The highest BCUT2D eigenvalue weighted by Crippen LogP contribution is 2.35. The maximum Gasteiger partial charge on any atom is 0.245 e. The second-order valence-electron chi connectivity index (χ2n) is 4.81. The Bertz CT molecular complexity index is 707. The Labute approximate surface area is 127 Å². The Morgan fingerprint density at radius 1 is 1.29 bits per heavy atom. The lowest BCUT2D eigenvalue weighted by molar-refractivity contribution is -0.146. The van der Waals surface area contributed by atoms with Gasteiger partial charge >= 0.3 is 0 Å². The Balaban J connectivity index is 1.96. The molecule has 2 aromatic heterocycles. The molecule has 0 bridgehead atoms. The first-order chi connectivity index (χ1) is 10.2. The first kappa shape index (κ1) is 14.1. The van der Waals surface area contributed by atoms with E-state index in [1.807, 2.05) is 48.8 Å². The molecular weight excluding hydrogens is 286 g/mol.